The standard InChI is InChI=1S/C13H11N3O2/c17-8-12-9-18-13(15-12)16-7-11(6-14-16)10-4-2-1-3-5-10/h1-7,9,17H,8H2. The van der Waals surface area contributed by atoms with Crippen LogP contribution in [0, 0.1) is 0 Å². The molecule has 3 rings (SSSR count). The minimum absolute atomic E-state index is 0.143. The number of benzene rings is 1. The van der Waals surface area contributed by atoms with Crippen molar-refractivity contribution in [3.63, 3.8) is 0 Å². The van der Waals surface area contributed by atoms with Gasteiger partial charge in [0.15, 0.2) is 0 Å². The van der Waals surface area contributed by atoms with Gasteiger partial charge < -0.3 is 9.52 Å². The Labute approximate surface area is 103 Å². The first-order chi connectivity index (χ1) is 8.86. The molecule has 1 aromatic carbocycles. The molecule has 0 unspecified atom stereocenters. The van der Waals surface area contributed by atoms with E-state index in [4.69, 9.17) is 9.52 Å². The summed E-state index contributed by atoms with van der Waals surface area (Å²) >= 11 is 0. The van der Waals surface area contributed by atoms with E-state index < -0.39 is 0 Å². The first kappa shape index (κ1) is 10.7. The molecule has 0 aliphatic heterocycles. The zero-order valence-corrected chi connectivity index (χ0v) is 9.52. The SMILES string of the molecule is OCc1coc(-n2cc(-c3ccccc3)cn2)n1. The van der Waals surface area contributed by atoms with Gasteiger partial charge >= 0.3 is 6.01 Å². The van der Waals surface area contributed by atoms with Crippen LogP contribution in [0.1, 0.15) is 5.69 Å². The van der Waals surface area contributed by atoms with Crippen LogP contribution in [0.25, 0.3) is 17.1 Å². The Morgan fingerprint density at radius 3 is 2.72 bits per heavy atom. The third-order valence-electron chi connectivity index (χ3n) is 2.59. The first-order valence-corrected chi connectivity index (χ1v) is 5.52. The molecule has 0 bridgehead atoms. The fourth-order valence-electron chi connectivity index (χ4n) is 1.68. The summed E-state index contributed by atoms with van der Waals surface area (Å²) in [6.45, 7) is -0.143. The second-order valence-electron chi connectivity index (χ2n) is 3.82. The summed E-state index contributed by atoms with van der Waals surface area (Å²) in [6, 6.07) is 10.3. The lowest BCUT2D eigenvalue weighted by Crippen LogP contribution is -1.94. The summed E-state index contributed by atoms with van der Waals surface area (Å²) in [4.78, 5) is 4.09. The smallest absolute Gasteiger partial charge is 0.322 e. The molecule has 0 atom stereocenters. The molecule has 5 heteroatoms. The molecule has 0 amide bonds. The van der Waals surface area contributed by atoms with E-state index in [0.717, 1.165) is 11.1 Å². The fourth-order valence-corrected chi connectivity index (χ4v) is 1.68. The highest BCUT2D eigenvalue weighted by Crippen LogP contribution is 2.19. The van der Waals surface area contributed by atoms with Gasteiger partial charge in [-0.25, -0.2) is 0 Å². The predicted molar refractivity (Wildman–Crippen MR) is 65.0 cm³/mol. The number of aliphatic hydroxyl groups excluding tert-OH is 1. The number of aromatic nitrogens is 3. The summed E-state index contributed by atoms with van der Waals surface area (Å²) < 4.78 is 6.76. The van der Waals surface area contributed by atoms with Crippen molar-refractivity contribution in [1.82, 2.24) is 14.8 Å². The zero-order valence-electron chi connectivity index (χ0n) is 9.52. The zero-order chi connectivity index (χ0) is 12.4. The Hall–Kier alpha value is -2.40. The van der Waals surface area contributed by atoms with E-state index in [0.29, 0.717) is 11.7 Å². The Balaban J connectivity index is 1.94. The van der Waals surface area contributed by atoms with Crippen molar-refractivity contribution in [2.45, 2.75) is 6.61 Å². The topological polar surface area (TPSA) is 64.1 Å². The van der Waals surface area contributed by atoms with Crippen molar-refractivity contribution in [3.05, 3.63) is 54.7 Å². The van der Waals surface area contributed by atoms with Gasteiger partial charge in [-0.2, -0.15) is 14.8 Å². The molecule has 0 saturated carbocycles. The largest absolute Gasteiger partial charge is 0.430 e. The summed E-state index contributed by atoms with van der Waals surface area (Å²) in [5.74, 6) is 0. The highest BCUT2D eigenvalue weighted by atomic mass is 16.4. The van der Waals surface area contributed by atoms with Crippen LogP contribution < -0.4 is 0 Å². The van der Waals surface area contributed by atoms with Crippen molar-refractivity contribution in [2.24, 2.45) is 0 Å². The molecule has 2 aromatic heterocycles. The highest BCUT2D eigenvalue weighted by molar-refractivity contribution is 5.61. The van der Waals surface area contributed by atoms with Crippen molar-refractivity contribution in [3.8, 4) is 17.1 Å². The molecule has 1 N–H and O–H groups in total. The lowest BCUT2D eigenvalue weighted by Gasteiger charge is -1.94. The number of hydrogen-bond donors (Lipinski definition) is 1. The monoisotopic (exact) mass is 241 g/mol. The average Bonchev–Trinajstić information content (AvgIpc) is 3.08. The molecule has 3 aromatic rings. The van der Waals surface area contributed by atoms with E-state index in [-0.39, 0.29) is 6.61 Å². The summed E-state index contributed by atoms with van der Waals surface area (Å²) in [5, 5.41) is 13.1. The minimum Gasteiger partial charge on any atom is -0.430 e. The summed E-state index contributed by atoms with van der Waals surface area (Å²) in [6.07, 6.45) is 5.00. The Bertz CT molecular complexity index is 643. The molecule has 0 aliphatic carbocycles. The molecule has 0 radical (unpaired) electrons. The number of nitrogens with zero attached hydrogens (tertiary/aromatic N) is 3. The van der Waals surface area contributed by atoms with Gasteiger partial charge in [-0.1, -0.05) is 30.3 Å². The molecular weight excluding hydrogens is 230 g/mol. The molecule has 0 saturated heterocycles. The molecule has 18 heavy (non-hydrogen) atoms. The number of oxazole rings is 1. The van der Waals surface area contributed by atoms with E-state index in [1.54, 1.807) is 10.9 Å². The van der Waals surface area contributed by atoms with E-state index in [1.807, 2.05) is 36.5 Å². The van der Waals surface area contributed by atoms with E-state index in [2.05, 4.69) is 10.1 Å². The van der Waals surface area contributed by atoms with Gasteiger partial charge in [-0.3, -0.25) is 0 Å². The molecule has 90 valence electrons. The Kier molecular flexibility index (Phi) is 2.66. The molecular formula is C13H11N3O2. The Morgan fingerprint density at radius 1 is 1.17 bits per heavy atom. The average molecular weight is 241 g/mol. The first-order valence-electron chi connectivity index (χ1n) is 5.52. The van der Waals surface area contributed by atoms with Gasteiger partial charge in [-0.15, -0.1) is 0 Å². The number of rotatable bonds is 3. The summed E-state index contributed by atoms with van der Waals surface area (Å²) in [5.41, 5.74) is 2.55. The molecule has 0 fully saturated rings. The Morgan fingerprint density at radius 2 is 2.00 bits per heavy atom. The van der Waals surface area contributed by atoms with Crippen molar-refractivity contribution in [1.29, 1.82) is 0 Å². The quantitative estimate of drug-likeness (QED) is 0.762. The normalized spacial score (nSPS) is 10.7. The second kappa shape index (κ2) is 4.46. The van der Waals surface area contributed by atoms with Crippen LogP contribution in [0.4, 0.5) is 0 Å². The van der Waals surface area contributed by atoms with Gasteiger partial charge in [0, 0.05) is 11.8 Å². The van der Waals surface area contributed by atoms with Crippen LogP contribution in [0.3, 0.4) is 0 Å². The number of aliphatic hydroxyl groups is 1. The van der Waals surface area contributed by atoms with Gasteiger partial charge in [0.2, 0.25) is 0 Å². The maximum atomic E-state index is 8.93. The lowest BCUT2D eigenvalue weighted by molar-refractivity contribution is 0.276. The third-order valence-corrected chi connectivity index (χ3v) is 2.59. The molecule has 2 heterocycles. The van der Waals surface area contributed by atoms with E-state index in [1.165, 1.54) is 6.26 Å². The van der Waals surface area contributed by atoms with Gasteiger partial charge in [-0.05, 0) is 5.56 Å². The predicted octanol–water partition coefficient (Wildman–Crippen LogP) is 2.02. The van der Waals surface area contributed by atoms with E-state index >= 15 is 0 Å². The third kappa shape index (κ3) is 1.91. The van der Waals surface area contributed by atoms with Crippen LogP contribution in [-0.4, -0.2) is 19.9 Å². The van der Waals surface area contributed by atoms with Crippen LogP contribution in [0.2, 0.25) is 0 Å². The molecule has 5 nitrogen and oxygen atoms in total. The summed E-state index contributed by atoms with van der Waals surface area (Å²) in [7, 11) is 0. The second-order valence-corrected chi connectivity index (χ2v) is 3.82. The fraction of sp³-hybridized carbons (Fsp3) is 0.0769. The minimum atomic E-state index is -0.143. The van der Waals surface area contributed by atoms with Crippen LogP contribution in [0.5, 0.6) is 0 Å². The lowest BCUT2D eigenvalue weighted by atomic mass is 10.1. The highest BCUT2D eigenvalue weighted by Gasteiger charge is 2.08. The van der Waals surface area contributed by atoms with Gasteiger partial charge in [0.1, 0.15) is 12.0 Å². The van der Waals surface area contributed by atoms with Gasteiger partial charge in [0.05, 0.1) is 12.8 Å². The molecule has 0 spiro atoms. The van der Waals surface area contributed by atoms with Gasteiger partial charge in [0.25, 0.3) is 0 Å². The van der Waals surface area contributed by atoms with Crippen molar-refractivity contribution >= 4 is 0 Å². The van der Waals surface area contributed by atoms with Crippen LogP contribution >= 0.6 is 0 Å². The maximum Gasteiger partial charge on any atom is 0.322 e. The van der Waals surface area contributed by atoms with Crippen LogP contribution in [-0.2, 0) is 6.61 Å². The maximum absolute atomic E-state index is 8.93. The van der Waals surface area contributed by atoms with Crippen molar-refractivity contribution in [2.75, 3.05) is 0 Å². The van der Waals surface area contributed by atoms with Crippen LogP contribution in [0.15, 0.2) is 53.4 Å². The van der Waals surface area contributed by atoms with Crippen molar-refractivity contribution < 1.29 is 9.52 Å². The molecule has 0 aliphatic rings. The number of hydrogen-bond acceptors (Lipinski definition) is 4. The van der Waals surface area contributed by atoms with E-state index in [9.17, 15) is 0 Å².